The normalized spacial score (nSPS) is 12.8. The molecule has 0 bridgehead atoms. The van der Waals surface area contributed by atoms with Crippen molar-refractivity contribution in [2.24, 2.45) is 0 Å². The van der Waals surface area contributed by atoms with Gasteiger partial charge < -0.3 is 10.1 Å². The van der Waals surface area contributed by atoms with Crippen LogP contribution in [0.5, 0.6) is 0 Å². The zero-order valence-electron chi connectivity index (χ0n) is 11.8. The quantitative estimate of drug-likeness (QED) is 0.608. The molecule has 0 spiro atoms. The molecule has 1 N–H and O–H groups in total. The first kappa shape index (κ1) is 15.7. The van der Waals surface area contributed by atoms with Crippen LogP contribution in [-0.2, 0) is 11.3 Å². The van der Waals surface area contributed by atoms with Crippen molar-refractivity contribution in [1.82, 2.24) is 5.32 Å². The van der Waals surface area contributed by atoms with E-state index in [0.717, 1.165) is 19.7 Å². The van der Waals surface area contributed by atoms with Crippen LogP contribution in [0.4, 0.5) is 0 Å². The lowest BCUT2D eigenvalue weighted by Gasteiger charge is -2.13. The van der Waals surface area contributed by atoms with Crippen molar-refractivity contribution in [3.05, 3.63) is 22.4 Å². The molecule has 0 saturated carbocycles. The molecule has 18 heavy (non-hydrogen) atoms. The van der Waals surface area contributed by atoms with Crippen molar-refractivity contribution >= 4 is 11.3 Å². The molecule has 0 aliphatic heterocycles. The molecule has 1 aromatic heterocycles. The van der Waals surface area contributed by atoms with Gasteiger partial charge in [0.2, 0.25) is 0 Å². The monoisotopic (exact) mass is 269 g/mol. The number of hydrogen-bond acceptors (Lipinski definition) is 3. The van der Waals surface area contributed by atoms with E-state index in [2.05, 4.69) is 36.7 Å². The van der Waals surface area contributed by atoms with Crippen molar-refractivity contribution in [1.29, 1.82) is 0 Å². The molecule has 1 heterocycles. The number of thiophene rings is 1. The number of unbranched alkanes of at least 4 members (excludes halogenated alkanes) is 4. The van der Waals surface area contributed by atoms with Crippen molar-refractivity contribution in [2.75, 3.05) is 13.2 Å². The Kier molecular flexibility index (Phi) is 9.17. The fraction of sp³-hybridized carbons (Fsp3) is 0.733. The van der Waals surface area contributed by atoms with Gasteiger partial charge in [-0.1, -0.05) is 38.7 Å². The predicted octanol–water partition coefficient (Wildman–Crippen LogP) is 4.21. The van der Waals surface area contributed by atoms with Crippen LogP contribution in [-0.4, -0.2) is 19.3 Å². The highest BCUT2D eigenvalue weighted by Crippen LogP contribution is 2.07. The van der Waals surface area contributed by atoms with Crippen molar-refractivity contribution in [3.8, 4) is 0 Å². The standard InChI is InChI=1S/C15H27NOS/c1-3-4-5-6-7-10-17-14(2)12-16-13-15-9-8-11-18-15/h8-9,11,14,16H,3-7,10,12-13H2,1-2H3. The number of nitrogens with one attached hydrogen (secondary N) is 1. The summed E-state index contributed by atoms with van der Waals surface area (Å²) in [6.45, 7) is 7.20. The molecular weight excluding hydrogens is 242 g/mol. The summed E-state index contributed by atoms with van der Waals surface area (Å²) >= 11 is 1.80. The first-order valence-electron chi connectivity index (χ1n) is 7.17. The van der Waals surface area contributed by atoms with Gasteiger partial charge in [0.25, 0.3) is 0 Å². The molecule has 1 atom stereocenters. The summed E-state index contributed by atoms with van der Waals surface area (Å²) in [6, 6.07) is 4.26. The molecule has 104 valence electrons. The van der Waals surface area contributed by atoms with E-state index in [0.29, 0.717) is 6.10 Å². The second-order valence-electron chi connectivity index (χ2n) is 4.81. The molecular formula is C15H27NOS. The number of hydrogen-bond donors (Lipinski definition) is 1. The molecule has 0 aromatic carbocycles. The van der Waals surface area contributed by atoms with Gasteiger partial charge in [-0.2, -0.15) is 0 Å². The second-order valence-corrected chi connectivity index (χ2v) is 5.84. The van der Waals surface area contributed by atoms with Gasteiger partial charge in [0.05, 0.1) is 6.10 Å². The molecule has 3 heteroatoms. The minimum atomic E-state index is 0.316. The fourth-order valence-electron chi connectivity index (χ4n) is 1.86. The average molecular weight is 269 g/mol. The Morgan fingerprint density at radius 2 is 2.11 bits per heavy atom. The lowest BCUT2D eigenvalue weighted by atomic mass is 10.2. The minimum Gasteiger partial charge on any atom is -0.377 e. The van der Waals surface area contributed by atoms with Gasteiger partial charge in [0.15, 0.2) is 0 Å². The van der Waals surface area contributed by atoms with E-state index >= 15 is 0 Å². The highest BCUT2D eigenvalue weighted by Gasteiger charge is 2.01. The third-order valence-electron chi connectivity index (χ3n) is 2.96. The second kappa shape index (κ2) is 10.5. The minimum absolute atomic E-state index is 0.316. The maximum atomic E-state index is 5.78. The predicted molar refractivity (Wildman–Crippen MR) is 80.2 cm³/mol. The first-order valence-corrected chi connectivity index (χ1v) is 8.05. The molecule has 0 aliphatic rings. The average Bonchev–Trinajstić information content (AvgIpc) is 2.87. The van der Waals surface area contributed by atoms with Crippen LogP contribution in [0.3, 0.4) is 0 Å². The van der Waals surface area contributed by atoms with Gasteiger partial charge in [-0.05, 0) is 24.8 Å². The highest BCUT2D eigenvalue weighted by molar-refractivity contribution is 7.09. The zero-order chi connectivity index (χ0) is 13.1. The Morgan fingerprint density at radius 3 is 2.83 bits per heavy atom. The van der Waals surface area contributed by atoms with Crippen molar-refractivity contribution in [3.63, 3.8) is 0 Å². The van der Waals surface area contributed by atoms with E-state index in [1.165, 1.54) is 37.0 Å². The van der Waals surface area contributed by atoms with Crippen LogP contribution in [0.15, 0.2) is 17.5 Å². The number of ether oxygens (including phenoxy) is 1. The molecule has 0 radical (unpaired) electrons. The molecule has 0 amide bonds. The summed E-state index contributed by atoms with van der Waals surface area (Å²) in [5.41, 5.74) is 0. The highest BCUT2D eigenvalue weighted by atomic mass is 32.1. The van der Waals surface area contributed by atoms with Gasteiger partial charge in [0.1, 0.15) is 0 Å². The Balaban J connectivity index is 1.89. The van der Waals surface area contributed by atoms with Crippen molar-refractivity contribution < 1.29 is 4.74 Å². The Labute approximate surface area is 116 Å². The van der Waals surface area contributed by atoms with E-state index in [1.54, 1.807) is 11.3 Å². The summed E-state index contributed by atoms with van der Waals surface area (Å²) in [6.07, 6.45) is 6.85. The maximum Gasteiger partial charge on any atom is 0.0671 e. The number of rotatable bonds is 11. The van der Waals surface area contributed by atoms with Crippen LogP contribution >= 0.6 is 11.3 Å². The third-order valence-corrected chi connectivity index (χ3v) is 3.84. The SMILES string of the molecule is CCCCCCCOC(C)CNCc1cccs1. The van der Waals surface area contributed by atoms with E-state index < -0.39 is 0 Å². The summed E-state index contributed by atoms with van der Waals surface area (Å²) < 4.78 is 5.78. The third kappa shape index (κ3) is 7.85. The first-order chi connectivity index (χ1) is 8.83. The molecule has 1 rings (SSSR count). The summed E-state index contributed by atoms with van der Waals surface area (Å²) in [5.74, 6) is 0. The van der Waals surface area contributed by atoms with Crippen LogP contribution in [0.2, 0.25) is 0 Å². The molecule has 0 fully saturated rings. The van der Waals surface area contributed by atoms with Gasteiger partial charge in [-0.15, -0.1) is 11.3 Å². The Bertz CT molecular complexity index is 274. The van der Waals surface area contributed by atoms with Gasteiger partial charge in [0, 0.05) is 24.6 Å². The zero-order valence-corrected chi connectivity index (χ0v) is 12.6. The van der Waals surface area contributed by atoms with Crippen LogP contribution < -0.4 is 5.32 Å². The fourth-order valence-corrected chi connectivity index (χ4v) is 2.54. The van der Waals surface area contributed by atoms with Crippen LogP contribution in [0, 0.1) is 0 Å². The summed E-state index contributed by atoms with van der Waals surface area (Å²) in [4.78, 5) is 1.39. The topological polar surface area (TPSA) is 21.3 Å². The van der Waals surface area contributed by atoms with E-state index in [4.69, 9.17) is 4.74 Å². The Morgan fingerprint density at radius 1 is 1.28 bits per heavy atom. The van der Waals surface area contributed by atoms with Crippen LogP contribution in [0.1, 0.15) is 50.8 Å². The van der Waals surface area contributed by atoms with Crippen molar-refractivity contribution in [2.45, 2.75) is 58.6 Å². The van der Waals surface area contributed by atoms with E-state index in [1.807, 2.05) is 0 Å². The molecule has 2 nitrogen and oxygen atoms in total. The smallest absolute Gasteiger partial charge is 0.0671 e. The largest absolute Gasteiger partial charge is 0.377 e. The lowest BCUT2D eigenvalue weighted by Crippen LogP contribution is -2.26. The van der Waals surface area contributed by atoms with E-state index in [9.17, 15) is 0 Å². The van der Waals surface area contributed by atoms with E-state index in [-0.39, 0.29) is 0 Å². The lowest BCUT2D eigenvalue weighted by molar-refractivity contribution is 0.0629. The Hall–Kier alpha value is -0.380. The molecule has 1 aromatic rings. The maximum absolute atomic E-state index is 5.78. The summed E-state index contributed by atoms with van der Waals surface area (Å²) in [7, 11) is 0. The van der Waals surface area contributed by atoms with Crippen LogP contribution in [0.25, 0.3) is 0 Å². The van der Waals surface area contributed by atoms with Gasteiger partial charge in [-0.3, -0.25) is 0 Å². The van der Waals surface area contributed by atoms with Gasteiger partial charge >= 0.3 is 0 Å². The van der Waals surface area contributed by atoms with Gasteiger partial charge in [-0.25, -0.2) is 0 Å². The summed E-state index contributed by atoms with van der Waals surface area (Å²) in [5, 5.41) is 5.55. The molecule has 1 unspecified atom stereocenters. The molecule has 0 aliphatic carbocycles. The molecule has 0 saturated heterocycles.